The Bertz CT molecular complexity index is 766. The summed E-state index contributed by atoms with van der Waals surface area (Å²) in [6, 6.07) is 15.0. The van der Waals surface area contributed by atoms with Crippen molar-refractivity contribution < 1.29 is 0 Å². The minimum Gasteiger partial charge on any atom is -0.271 e. The van der Waals surface area contributed by atoms with E-state index >= 15 is 0 Å². The van der Waals surface area contributed by atoms with Gasteiger partial charge in [0.2, 0.25) is 0 Å². The maximum Gasteiger partial charge on any atom is 0.0503 e. The van der Waals surface area contributed by atoms with Crippen LogP contribution in [-0.2, 0) is 6.42 Å². The molecule has 0 aliphatic rings. The molecule has 3 rings (SSSR count). The molecule has 2 nitrogen and oxygen atoms in total. The first-order chi connectivity index (χ1) is 10.2. The third-order valence-corrected chi connectivity index (χ3v) is 5.31. The molecule has 0 fully saturated rings. The van der Waals surface area contributed by atoms with E-state index in [-0.39, 0.29) is 6.04 Å². The van der Waals surface area contributed by atoms with Gasteiger partial charge in [-0.1, -0.05) is 40.2 Å². The predicted octanol–water partition coefficient (Wildman–Crippen LogP) is 4.72. The van der Waals surface area contributed by atoms with Crippen LogP contribution in [0.5, 0.6) is 0 Å². The van der Waals surface area contributed by atoms with E-state index in [1.54, 1.807) is 11.3 Å². The van der Waals surface area contributed by atoms with Crippen LogP contribution in [0.15, 0.2) is 52.3 Å². The zero-order valence-corrected chi connectivity index (χ0v) is 14.2. The SMILES string of the molecule is Cc1ccc(Br)cc1C(Cc1csc2ccccc12)NN. The van der Waals surface area contributed by atoms with Crippen molar-refractivity contribution in [3.8, 4) is 0 Å². The number of nitrogens with two attached hydrogens (primary N) is 1. The lowest BCUT2D eigenvalue weighted by Gasteiger charge is -2.19. The summed E-state index contributed by atoms with van der Waals surface area (Å²) in [6.45, 7) is 2.12. The Labute approximate surface area is 137 Å². The van der Waals surface area contributed by atoms with Gasteiger partial charge in [0.1, 0.15) is 0 Å². The summed E-state index contributed by atoms with van der Waals surface area (Å²) in [6.07, 6.45) is 0.887. The highest BCUT2D eigenvalue weighted by atomic mass is 79.9. The largest absolute Gasteiger partial charge is 0.271 e. The van der Waals surface area contributed by atoms with Crippen molar-refractivity contribution in [3.05, 3.63) is 69.0 Å². The molecule has 3 aromatic rings. The fourth-order valence-electron chi connectivity index (χ4n) is 2.66. The molecule has 4 heteroatoms. The maximum absolute atomic E-state index is 5.82. The van der Waals surface area contributed by atoms with Crippen LogP contribution in [0.1, 0.15) is 22.7 Å². The van der Waals surface area contributed by atoms with E-state index < -0.39 is 0 Å². The first-order valence-electron chi connectivity index (χ1n) is 6.86. The summed E-state index contributed by atoms with van der Waals surface area (Å²) in [4.78, 5) is 0. The maximum atomic E-state index is 5.82. The molecular weight excluding hydrogens is 344 g/mol. The summed E-state index contributed by atoms with van der Waals surface area (Å²) in [5.41, 5.74) is 6.81. The minimum atomic E-state index is 0.112. The van der Waals surface area contributed by atoms with E-state index in [1.807, 2.05) is 0 Å². The molecule has 2 aromatic carbocycles. The van der Waals surface area contributed by atoms with Gasteiger partial charge in [-0.05, 0) is 59.0 Å². The molecular formula is C17H17BrN2S. The van der Waals surface area contributed by atoms with Crippen molar-refractivity contribution >= 4 is 37.4 Å². The van der Waals surface area contributed by atoms with Crippen LogP contribution in [0.25, 0.3) is 10.1 Å². The molecule has 0 aliphatic heterocycles. The van der Waals surface area contributed by atoms with Gasteiger partial charge in [-0.25, -0.2) is 0 Å². The first kappa shape index (κ1) is 14.7. The molecule has 3 N–H and O–H groups in total. The molecule has 0 amide bonds. The van der Waals surface area contributed by atoms with Crippen molar-refractivity contribution in [3.63, 3.8) is 0 Å². The average molecular weight is 361 g/mol. The predicted molar refractivity (Wildman–Crippen MR) is 94.5 cm³/mol. The number of fused-ring (bicyclic) bond motifs is 1. The van der Waals surface area contributed by atoms with Gasteiger partial charge < -0.3 is 0 Å². The van der Waals surface area contributed by atoms with Crippen LogP contribution in [0, 0.1) is 6.92 Å². The third kappa shape index (κ3) is 3.04. The monoisotopic (exact) mass is 360 g/mol. The molecule has 0 radical (unpaired) electrons. The van der Waals surface area contributed by atoms with E-state index in [1.165, 1.54) is 26.8 Å². The smallest absolute Gasteiger partial charge is 0.0503 e. The van der Waals surface area contributed by atoms with Gasteiger partial charge in [-0.15, -0.1) is 11.3 Å². The Morgan fingerprint density at radius 2 is 2.05 bits per heavy atom. The van der Waals surface area contributed by atoms with E-state index in [0.717, 1.165) is 10.9 Å². The Morgan fingerprint density at radius 3 is 2.86 bits per heavy atom. The fourth-order valence-corrected chi connectivity index (χ4v) is 4.01. The van der Waals surface area contributed by atoms with Crippen LogP contribution in [-0.4, -0.2) is 0 Å². The molecule has 21 heavy (non-hydrogen) atoms. The van der Waals surface area contributed by atoms with Crippen molar-refractivity contribution in [2.24, 2.45) is 5.84 Å². The quantitative estimate of drug-likeness (QED) is 0.521. The summed E-state index contributed by atoms with van der Waals surface area (Å²) in [5.74, 6) is 5.82. The molecule has 1 heterocycles. The second-order valence-corrected chi connectivity index (χ2v) is 7.01. The molecule has 1 atom stereocenters. The van der Waals surface area contributed by atoms with Gasteiger partial charge in [-0.2, -0.15) is 0 Å². The molecule has 0 saturated heterocycles. The second-order valence-electron chi connectivity index (χ2n) is 5.18. The van der Waals surface area contributed by atoms with Crippen molar-refractivity contribution in [1.82, 2.24) is 5.43 Å². The van der Waals surface area contributed by atoms with Crippen molar-refractivity contribution in [2.45, 2.75) is 19.4 Å². The zero-order chi connectivity index (χ0) is 14.8. The normalized spacial score (nSPS) is 12.7. The lowest BCUT2D eigenvalue weighted by molar-refractivity contribution is 0.551. The highest BCUT2D eigenvalue weighted by Gasteiger charge is 2.15. The lowest BCUT2D eigenvalue weighted by Crippen LogP contribution is -2.30. The van der Waals surface area contributed by atoms with Crippen LogP contribution in [0.4, 0.5) is 0 Å². The van der Waals surface area contributed by atoms with E-state index in [9.17, 15) is 0 Å². The van der Waals surface area contributed by atoms with Gasteiger partial charge in [0, 0.05) is 9.17 Å². The number of thiophene rings is 1. The Morgan fingerprint density at radius 1 is 1.24 bits per heavy atom. The van der Waals surface area contributed by atoms with Gasteiger partial charge in [0.25, 0.3) is 0 Å². The van der Waals surface area contributed by atoms with Gasteiger partial charge in [-0.3, -0.25) is 11.3 Å². The average Bonchev–Trinajstić information content (AvgIpc) is 2.91. The number of nitrogens with one attached hydrogen (secondary N) is 1. The molecule has 108 valence electrons. The number of aryl methyl sites for hydroxylation is 1. The Hall–Kier alpha value is -1.20. The molecule has 1 unspecified atom stereocenters. The number of hydrazine groups is 1. The van der Waals surface area contributed by atoms with Crippen molar-refractivity contribution in [1.29, 1.82) is 0 Å². The number of hydrogen-bond donors (Lipinski definition) is 2. The molecule has 0 spiro atoms. The van der Waals surface area contributed by atoms with Gasteiger partial charge in [0.15, 0.2) is 0 Å². The minimum absolute atomic E-state index is 0.112. The molecule has 0 saturated carbocycles. The topological polar surface area (TPSA) is 38.0 Å². The highest BCUT2D eigenvalue weighted by Crippen LogP contribution is 2.31. The summed E-state index contributed by atoms with van der Waals surface area (Å²) < 4.78 is 2.41. The first-order valence-corrected chi connectivity index (χ1v) is 8.53. The van der Waals surface area contributed by atoms with Crippen LogP contribution in [0.3, 0.4) is 0 Å². The van der Waals surface area contributed by atoms with E-state index in [4.69, 9.17) is 5.84 Å². The number of hydrogen-bond acceptors (Lipinski definition) is 3. The Balaban J connectivity index is 1.96. The number of rotatable bonds is 4. The highest BCUT2D eigenvalue weighted by molar-refractivity contribution is 9.10. The second kappa shape index (κ2) is 6.28. The zero-order valence-electron chi connectivity index (χ0n) is 11.8. The van der Waals surface area contributed by atoms with Gasteiger partial charge in [0.05, 0.1) is 6.04 Å². The molecule has 0 bridgehead atoms. The Kier molecular flexibility index (Phi) is 4.40. The van der Waals surface area contributed by atoms with Crippen LogP contribution in [0.2, 0.25) is 0 Å². The van der Waals surface area contributed by atoms with E-state index in [0.29, 0.717) is 0 Å². The summed E-state index contributed by atoms with van der Waals surface area (Å²) in [7, 11) is 0. The molecule has 0 aliphatic carbocycles. The summed E-state index contributed by atoms with van der Waals surface area (Å²) in [5, 5.41) is 3.57. The van der Waals surface area contributed by atoms with Crippen molar-refractivity contribution in [2.75, 3.05) is 0 Å². The van der Waals surface area contributed by atoms with Crippen LogP contribution < -0.4 is 11.3 Å². The number of benzene rings is 2. The fraction of sp³-hybridized carbons (Fsp3) is 0.176. The summed E-state index contributed by atoms with van der Waals surface area (Å²) >= 11 is 5.34. The third-order valence-electron chi connectivity index (χ3n) is 3.80. The molecule has 1 aromatic heterocycles. The van der Waals surface area contributed by atoms with E-state index in [2.05, 4.69) is 76.1 Å². The lowest BCUT2D eigenvalue weighted by atomic mass is 9.96. The standard InChI is InChI=1S/C17H17BrN2S/c1-11-6-7-13(18)9-15(11)16(20-19)8-12-10-21-17-5-3-2-4-14(12)17/h2-7,9-10,16,20H,8,19H2,1H3. The number of halogens is 1. The van der Waals surface area contributed by atoms with Crippen LogP contribution >= 0.6 is 27.3 Å². The van der Waals surface area contributed by atoms with Gasteiger partial charge >= 0.3 is 0 Å².